The second-order valence-corrected chi connectivity index (χ2v) is 4.56. The molecule has 1 aliphatic heterocycles. The fourth-order valence-electron chi connectivity index (χ4n) is 2.40. The third-order valence-corrected chi connectivity index (χ3v) is 3.44. The minimum absolute atomic E-state index is 0.288. The summed E-state index contributed by atoms with van der Waals surface area (Å²) in [4.78, 5) is 13.6. The van der Waals surface area contributed by atoms with Gasteiger partial charge < -0.3 is 9.64 Å². The Labute approximate surface area is 85.4 Å². The molecule has 80 valence electrons. The molecule has 1 saturated heterocycles. The van der Waals surface area contributed by atoms with E-state index in [-0.39, 0.29) is 5.91 Å². The molecule has 0 N–H and O–H groups in total. The highest BCUT2D eigenvalue weighted by Gasteiger charge is 2.29. The maximum absolute atomic E-state index is 11.6. The van der Waals surface area contributed by atoms with Crippen LogP contribution in [0.5, 0.6) is 0 Å². The van der Waals surface area contributed by atoms with Gasteiger partial charge in [-0.05, 0) is 31.6 Å². The lowest BCUT2D eigenvalue weighted by molar-refractivity contribution is -0.151. The molecular weight excluding hydrogens is 178 g/mol. The minimum atomic E-state index is 0.288. The Morgan fingerprint density at radius 1 is 1.29 bits per heavy atom. The topological polar surface area (TPSA) is 29.5 Å². The standard InChI is InChI=1S/C11H19NO2/c1-9-2-4-10(5-3-9)12-8-14-7-6-11(12)13/h9-10H,2-8H2,1H3/t9-,10-. The van der Waals surface area contributed by atoms with E-state index in [9.17, 15) is 4.79 Å². The number of carbonyl (C=O) groups is 1. The molecule has 0 unspecified atom stereocenters. The summed E-state index contributed by atoms with van der Waals surface area (Å²) in [5.74, 6) is 1.13. The minimum Gasteiger partial charge on any atom is -0.360 e. The van der Waals surface area contributed by atoms with Crippen LogP contribution in [-0.2, 0) is 9.53 Å². The van der Waals surface area contributed by atoms with E-state index >= 15 is 0 Å². The van der Waals surface area contributed by atoms with Gasteiger partial charge in [0.2, 0.25) is 5.91 Å². The maximum atomic E-state index is 11.6. The Balaban J connectivity index is 1.90. The van der Waals surface area contributed by atoms with Crippen molar-refractivity contribution in [3.05, 3.63) is 0 Å². The summed E-state index contributed by atoms with van der Waals surface area (Å²) in [6.45, 7) is 3.43. The van der Waals surface area contributed by atoms with Gasteiger partial charge in [0.25, 0.3) is 0 Å². The highest BCUT2D eigenvalue weighted by molar-refractivity contribution is 5.77. The quantitative estimate of drug-likeness (QED) is 0.641. The lowest BCUT2D eigenvalue weighted by Crippen LogP contribution is -2.46. The van der Waals surface area contributed by atoms with Crippen LogP contribution in [-0.4, -0.2) is 30.2 Å². The highest BCUT2D eigenvalue weighted by atomic mass is 16.5. The fraction of sp³-hybridized carbons (Fsp3) is 0.909. The number of carbonyl (C=O) groups excluding carboxylic acids is 1. The lowest BCUT2D eigenvalue weighted by atomic mass is 9.86. The van der Waals surface area contributed by atoms with Gasteiger partial charge in [-0.3, -0.25) is 4.79 Å². The van der Waals surface area contributed by atoms with Gasteiger partial charge >= 0.3 is 0 Å². The maximum Gasteiger partial charge on any atom is 0.226 e. The van der Waals surface area contributed by atoms with Crippen LogP contribution in [0.25, 0.3) is 0 Å². The normalized spacial score (nSPS) is 34.6. The summed E-state index contributed by atoms with van der Waals surface area (Å²) in [6, 6.07) is 0.457. The Morgan fingerprint density at radius 2 is 2.00 bits per heavy atom. The number of rotatable bonds is 1. The van der Waals surface area contributed by atoms with E-state index in [1.165, 1.54) is 12.8 Å². The van der Waals surface area contributed by atoms with Crippen molar-refractivity contribution in [3.8, 4) is 0 Å². The molecule has 2 fully saturated rings. The SMILES string of the molecule is C[C@H]1CC[C@H](N2COCCC2=O)CC1. The summed E-state index contributed by atoms with van der Waals surface area (Å²) in [5, 5.41) is 0. The van der Waals surface area contributed by atoms with Gasteiger partial charge in [-0.1, -0.05) is 6.92 Å². The monoisotopic (exact) mass is 197 g/mol. The van der Waals surface area contributed by atoms with Crippen molar-refractivity contribution in [2.24, 2.45) is 5.92 Å². The fourth-order valence-corrected chi connectivity index (χ4v) is 2.40. The summed E-state index contributed by atoms with van der Waals surface area (Å²) in [7, 11) is 0. The third-order valence-electron chi connectivity index (χ3n) is 3.44. The van der Waals surface area contributed by atoms with Crippen molar-refractivity contribution in [2.75, 3.05) is 13.3 Å². The van der Waals surface area contributed by atoms with Crippen LogP contribution in [0.15, 0.2) is 0 Å². The molecule has 14 heavy (non-hydrogen) atoms. The molecule has 1 aliphatic carbocycles. The zero-order chi connectivity index (χ0) is 9.97. The molecule has 1 amide bonds. The van der Waals surface area contributed by atoms with Crippen molar-refractivity contribution < 1.29 is 9.53 Å². The predicted molar refractivity (Wildman–Crippen MR) is 53.7 cm³/mol. The van der Waals surface area contributed by atoms with Gasteiger partial charge in [0.1, 0.15) is 6.73 Å². The Kier molecular flexibility index (Phi) is 3.06. The van der Waals surface area contributed by atoms with E-state index in [2.05, 4.69) is 6.92 Å². The summed E-state index contributed by atoms with van der Waals surface area (Å²) >= 11 is 0. The number of amides is 1. The van der Waals surface area contributed by atoms with Gasteiger partial charge in [0.15, 0.2) is 0 Å². The van der Waals surface area contributed by atoms with Crippen molar-refractivity contribution in [3.63, 3.8) is 0 Å². The van der Waals surface area contributed by atoms with E-state index in [1.807, 2.05) is 4.90 Å². The molecule has 2 aliphatic rings. The molecular formula is C11H19NO2. The van der Waals surface area contributed by atoms with Crippen molar-refractivity contribution in [1.82, 2.24) is 4.90 Å². The molecule has 0 bridgehead atoms. The molecule has 0 radical (unpaired) electrons. The molecule has 0 aromatic rings. The molecule has 3 heteroatoms. The Morgan fingerprint density at radius 3 is 2.64 bits per heavy atom. The van der Waals surface area contributed by atoms with E-state index in [4.69, 9.17) is 4.74 Å². The number of hydrogen-bond acceptors (Lipinski definition) is 2. The van der Waals surface area contributed by atoms with Crippen molar-refractivity contribution in [2.45, 2.75) is 45.1 Å². The summed E-state index contributed by atoms with van der Waals surface area (Å²) < 4.78 is 5.34. The first-order valence-electron chi connectivity index (χ1n) is 5.64. The second-order valence-electron chi connectivity index (χ2n) is 4.56. The van der Waals surface area contributed by atoms with E-state index in [0.717, 1.165) is 18.8 Å². The van der Waals surface area contributed by atoms with Crippen LogP contribution in [0.2, 0.25) is 0 Å². The first-order chi connectivity index (χ1) is 6.77. The molecule has 0 aromatic heterocycles. The van der Waals surface area contributed by atoms with Gasteiger partial charge in [0, 0.05) is 6.04 Å². The summed E-state index contributed by atoms with van der Waals surface area (Å²) in [6.07, 6.45) is 5.42. The average Bonchev–Trinajstić information content (AvgIpc) is 2.20. The largest absolute Gasteiger partial charge is 0.360 e. The second kappa shape index (κ2) is 4.30. The number of hydrogen-bond donors (Lipinski definition) is 0. The van der Waals surface area contributed by atoms with Crippen molar-refractivity contribution in [1.29, 1.82) is 0 Å². The average molecular weight is 197 g/mol. The Bertz CT molecular complexity index is 209. The number of ether oxygens (including phenoxy) is 1. The van der Waals surface area contributed by atoms with Crippen LogP contribution < -0.4 is 0 Å². The van der Waals surface area contributed by atoms with Crippen LogP contribution >= 0.6 is 0 Å². The molecule has 3 nitrogen and oxygen atoms in total. The smallest absolute Gasteiger partial charge is 0.226 e. The predicted octanol–water partition coefficient (Wildman–Crippen LogP) is 1.77. The van der Waals surface area contributed by atoms with Gasteiger partial charge in [-0.15, -0.1) is 0 Å². The molecule has 1 heterocycles. The summed E-state index contributed by atoms with van der Waals surface area (Å²) in [5.41, 5.74) is 0. The van der Waals surface area contributed by atoms with Crippen LogP contribution in [0, 0.1) is 5.92 Å². The van der Waals surface area contributed by atoms with Gasteiger partial charge in [-0.25, -0.2) is 0 Å². The van der Waals surface area contributed by atoms with Crippen LogP contribution in [0.1, 0.15) is 39.0 Å². The molecule has 2 rings (SSSR count). The van der Waals surface area contributed by atoms with Crippen molar-refractivity contribution >= 4 is 5.91 Å². The van der Waals surface area contributed by atoms with E-state index < -0.39 is 0 Å². The van der Waals surface area contributed by atoms with E-state index in [1.54, 1.807) is 0 Å². The number of nitrogens with zero attached hydrogens (tertiary/aromatic N) is 1. The first-order valence-corrected chi connectivity index (χ1v) is 5.64. The first kappa shape index (κ1) is 9.97. The van der Waals surface area contributed by atoms with E-state index in [0.29, 0.717) is 25.8 Å². The van der Waals surface area contributed by atoms with Gasteiger partial charge in [0.05, 0.1) is 13.0 Å². The van der Waals surface area contributed by atoms with Crippen LogP contribution in [0.3, 0.4) is 0 Å². The van der Waals surface area contributed by atoms with Crippen LogP contribution in [0.4, 0.5) is 0 Å². The highest BCUT2D eigenvalue weighted by Crippen LogP contribution is 2.28. The Hall–Kier alpha value is -0.570. The van der Waals surface area contributed by atoms with Gasteiger partial charge in [-0.2, -0.15) is 0 Å². The zero-order valence-corrected chi connectivity index (χ0v) is 8.87. The zero-order valence-electron chi connectivity index (χ0n) is 8.87. The molecule has 0 atom stereocenters. The molecule has 1 saturated carbocycles. The molecule has 0 spiro atoms. The third kappa shape index (κ3) is 2.08. The molecule has 0 aromatic carbocycles. The lowest BCUT2D eigenvalue weighted by Gasteiger charge is -2.37.